The van der Waals surface area contributed by atoms with E-state index >= 15 is 0 Å². The fraction of sp³-hybridized carbons (Fsp3) is 0.278. The predicted molar refractivity (Wildman–Crippen MR) is 93.1 cm³/mol. The fourth-order valence-electron chi connectivity index (χ4n) is 2.24. The second kappa shape index (κ2) is 8.31. The minimum absolute atomic E-state index is 0.0157. The summed E-state index contributed by atoms with van der Waals surface area (Å²) in [6.45, 7) is 0.408. The Kier molecular flexibility index (Phi) is 6.37. The second-order valence-electron chi connectivity index (χ2n) is 5.57. The fourth-order valence-corrected chi connectivity index (χ4v) is 2.41. The van der Waals surface area contributed by atoms with Crippen LogP contribution in [-0.2, 0) is 11.2 Å². The number of methoxy groups -OCH3 is 1. The molecule has 2 aromatic rings. The molecule has 2 aromatic carbocycles. The molecule has 0 aliphatic carbocycles. The second-order valence-corrected chi connectivity index (χ2v) is 6.01. The number of carbonyl (C=O) groups is 1. The summed E-state index contributed by atoms with van der Waals surface area (Å²) in [7, 11) is 1.53. The van der Waals surface area contributed by atoms with Gasteiger partial charge in [-0.3, -0.25) is 4.79 Å². The average Bonchev–Trinajstić information content (AvgIpc) is 2.55. The van der Waals surface area contributed by atoms with E-state index < -0.39 is 18.7 Å². The van der Waals surface area contributed by atoms with Gasteiger partial charge in [0.1, 0.15) is 11.5 Å². The van der Waals surface area contributed by atoms with Gasteiger partial charge in [0.25, 0.3) is 0 Å². The molecule has 0 saturated heterocycles. The third-order valence-electron chi connectivity index (χ3n) is 3.44. The first-order chi connectivity index (χ1) is 12.2. The smallest absolute Gasteiger partial charge is 0.422 e. The van der Waals surface area contributed by atoms with Crippen molar-refractivity contribution in [3.8, 4) is 11.5 Å². The zero-order valence-corrected chi connectivity index (χ0v) is 14.9. The van der Waals surface area contributed by atoms with Crippen LogP contribution in [0.3, 0.4) is 0 Å². The van der Waals surface area contributed by atoms with Crippen LogP contribution in [0.15, 0.2) is 36.4 Å². The zero-order valence-electron chi connectivity index (χ0n) is 14.1. The Morgan fingerprint density at radius 2 is 1.88 bits per heavy atom. The van der Waals surface area contributed by atoms with Gasteiger partial charge in [0.05, 0.1) is 19.2 Å². The van der Waals surface area contributed by atoms with E-state index in [4.69, 9.17) is 21.1 Å². The summed E-state index contributed by atoms with van der Waals surface area (Å²) in [4.78, 5) is 12.3. The van der Waals surface area contributed by atoms with Gasteiger partial charge < -0.3 is 14.8 Å². The van der Waals surface area contributed by atoms with Crippen LogP contribution < -0.4 is 14.8 Å². The van der Waals surface area contributed by atoms with E-state index in [2.05, 4.69) is 5.32 Å². The maximum Gasteiger partial charge on any atom is 0.422 e. The van der Waals surface area contributed by atoms with Crippen LogP contribution in [-0.4, -0.2) is 25.8 Å². The molecular weight excluding hydrogens is 371 g/mol. The highest BCUT2D eigenvalue weighted by Crippen LogP contribution is 2.30. The van der Waals surface area contributed by atoms with E-state index in [0.717, 1.165) is 5.56 Å². The molecule has 1 amide bonds. The number of carbonyl (C=O) groups excluding carboxylic acids is 1. The van der Waals surface area contributed by atoms with Crippen molar-refractivity contribution in [2.75, 3.05) is 19.0 Å². The Labute approximate surface area is 153 Å². The van der Waals surface area contributed by atoms with Crippen LogP contribution in [0, 0.1) is 6.92 Å². The number of halogens is 4. The minimum Gasteiger partial charge on any atom is -0.496 e. The third kappa shape index (κ3) is 5.84. The summed E-state index contributed by atoms with van der Waals surface area (Å²) >= 11 is 5.86. The molecule has 0 atom stereocenters. The van der Waals surface area contributed by atoms with Gasteiger partial charge >= 0.3 is 6.18 Å². The lowest BCUT2D eigenvalue weighted by atomic mass is 10.1. The number of alkyl halides is 3. The number of benzene rings is 2. The van der Waals surface area contributed by atoms with E-state index in [1.54, 1.807) is 12.1 Å². The first-order valence-electron chi connectivity index (χ1n) is 7.60. The summed E-state index contributed by atoms with van der Waals surface area (Å²) in [5, 5.41) is 2.79. The quantitative estimate of drug-likeness (QED) is 0.776. The van der Waals surface area contributed by atoms with Crippen molar-refractivity contribution < 1.29 is 27.4 Å². The lowest BCUT2D eigenvalue weighted by molar-refractivity contribution is -0.153. The predicted octanol–water partition coefficient (Wildman–Crippen LogP) is 4.78. The van der Waals surface area contributed by atoms with Crippen LogP contribution in [0.5, 0.6) is 11.5 Å². The van der Waals surface area contributed by atoms with Gasteiger partial charge in [0.15, 0.2) is 6.61 Å². The first-order valence-corrected chi connectivity index (χ1v) is 7.98. The summed E-state index contributed by atoms with van der Waals surface area (Å²) in [5.41, 5.74) is 1.70. The van der Waals surface area contributed by atoms with E-state index in [9.17, 15) is 18.0 Å². The van der Waals surface area contributed by atoms with E-state index in [1.165, 1.54) is 25.3 Å². The highest BCUT2D eigenvalue weighted by molar-refractivity contribution is 6.31. The van der Waals surface area contributed by atoms with Gasteiger partial charge in [-0.1, -0.05) is 23.7 Å². The molecule has 0 unspecified atom stereocenters. The normalized spacial score (nSPS) is 11.2. The highest BCUT2D eigenvalue weighted by Gasteiger charge is 2.29. The number of ether oxygens (including phenoxy) is 2. The molecule has 4 nitrogen and oxygen atoms in total. The number of rotatable bonds is 6. The van der Waals surface area contributed by atoms with Crippen molar-refractivity contribution in [1.82, 2.24) is 0 Å². The molecule has 0 aliphatic heterocycles. The molecule has 26 heavy (non-hydrogen) atoms. The van der Waals surface area contributed by atoms with Crippen molar-refractivity contribution in [3.05, 3.63) is 52.5 Å². The van der Waals surface area contributed by atoms with Crippen LogP contribution in [0.4, 0.5) is 18.9 Å². The van der Waals surface area contributed by atoms with Gasteiger partial charge in [-0.05, 0) is 42.3 Å². The lowest BCUT2D eigenvalue weighted by Gasteiger charge is -2.14. The summed E-state index contributed by atoms with van der Waals surface area (Å²) in [6, 6.07) is 9.32. The SMILES string of the molecule is COc1cc(CC(=O)Nc2cc(Cl)ccc2OCC(F)(F)F)ccc1C. The van der Waals surface area contributed by atoms with Gasteiger partial charge in [-0.2, -0.15) is 13.2 Å². The van der Waals surface area contributed by atoms with Gasteiger partial charge in [-0.25, -0.2) is 0 Å². The van der Waals surface area contributed by atoms with E-state index in [-0.39, 0.29) is 22.9 Å². The highest BCUT2D eigenvalue weighted by atomic mass is 35.5. The largest absolute Gasteiger partial charge is 0.496 e. The van der Waals surface area contributed by atoms with Crippen molar-refractivity contribution >= 4 is 23.2 Å². The number of hydrogen-bond donors (Lipinski definition) is 1. The van der Waals surface area contributed by atoms with Crippen molar-refractivity contribution in [1.29, 1.82) is 0 Å². The van der Waals surface area contributed by atoms with Crippen molar-refractivity contribution in [2.24, 2.45) is 0 Å². The molecule has 0 heterocycles. The minimum atomic E-state index is -4.49. The average molecular weight is 388 g/mol. The zero-order chi connectivity index (χ0) is 19.3. The maximum absolute atomic E-state index is 12.4. The maximum atomic E-state index is 12.4. The summed E-state index contributed by atoms with van der Waals surface area (Å²) < 4.78 is 47.0. The number of hydrogen-bond acceptors (Lipinski definition) is 3. The molecule has 0 bridgehead atoms. The van der Waals surface area contributed by atoms with Gasteiger partial charge in [0.2, 0.25) is 5.91 Å². The van der Waals surface area contributed by atoms with Crippen LogP contribution in [0.2, 0.25) is 5.02 Å². The van der Waals surface area contributed by atoms with Crippen molar-refractivity contribution in [3.63, 3.8) is 0 Å². The number of aryl methyl sites for hydroxylation is 1. The molecule has 0 spiro atoms. The van der Waals surface area contributed by atoms with Crippen LogP contribution in [0.25, 0.3) is 0 Å². The van der Waals surface area contributed by atoms with Crippen LogP contribution in [0.1, 0.15) is 11.1 Å². The lowest BCUT2D eigenvalue weighted by Crippen LogP contribution is -2.20. The Bertz CT molecular complexity index is 794. The molecule has 8 heteroatoms. The Hall–Kier alpha value is -2.41. The Balaban J connectivity index is 2.11. The molecular formula is C18H17ClF3NO3. The van der Waals surface area contributed by atoms with Gasteiger partial charge in [0, 0.05) is 5.02 Å². The van der Waals surface area contributed by atoms with Gasteiger partial charge in [-0.15, -0.1) is 0 Å². The number of amides is 1. The topological polar surface area (TPSA) is 47.6 Å². The van der Waals surface area contributed by atoms with Crippen LogP contribution >= 0.6 is 11.6 Å². The standard InChI is InChI=1S/C18H17ClF3NO3/c1-11-3-4-12(7-16(11)25-2)8-17(24)23-14-9-13(19)5-6-15(14)26-10-18(20,21)22/h3-7,9H,8,10H2,1-2H3,(H,23,24). The third-order valence-corrected chi connectivity index (χ3v) is 3.68. The molecule has 0 saturated carbocycles. The molecule has 2 rings (SSSR count). The number of anilines is 1. The molecule has 0 fully saturated rings. The number of nitrogens with one attached hydrogen (secondary N) is 1. The molecule has 0 aromatic heterocycles. The monoisotopic (exact) mass is 387 g/mol. The molecule has 1 N–H and O–H groups in total. The summed E-state index contributed by atoms with van der Waals surface area (Å²) in [5.74, 6) is 0.115. The Morgan fingerprint density at radius 1 is 1.15 bits per heavy atom. The molecule has 0 radical (unpaired) electrons. The van der Waals surface area contributed by atoms with E-state index in [1.807, 2.05) is 13.0 Å². The Morgan fingerprint density at radius 3 is 2.54 bits per heavy atom. The molecule has 0 aliphatic rings. The summed E-state index contributed by atoms with van der Waals surface area (Å²) in [6.07, 6.45) is -4.47. The van der Waals surface area contributed by atoms with Crippen molar-refractivity contribution in [2.45, 2.75) is 19.5 Å². The first kappa shape index (κ1) is 19.9. The van der Waals surface area contributed by atoms with E-state index in [0.29, 0.717) is 11.3 Å². The molecule has 140 valence electrons.